The summed E-state index contributed by atoms with van der Waals surface area (Å²) < 4.78 is 25.4. The first-order valence-electron chi connectivity index (χ1n) is 4.42. The fourth-order valence-electron chi connectivity index (χ4n) is 0.734. The topological polar surface area (TPSA) is 0 Å². The Labute approximate surface area is 90.9 Å². The molecule has 0 spiro atoms. The zero-order valence-electron chi connectivity index (χ0n) is 8.09. The van der Waals surface area contributed by atoms with E-state index in [2.05, 4.69) is 13.8 Å². The van der Waals surface area contributed by atoms with Gasteiger partial charge in [0, 0.05) is 10.1 Å². The molecule has 1 aromatic rings. The van der Waals surface area contributed by atoms with Gasteiger partial charge in [-0.2, -0.15) is 0 Å². The molecule has 0 aromatic heterocycles. The summed E-state index contributed by atoms with van der Waals surface area (Å²) >= 11 is 0. The van der Waals surface area contributed by atoms with Crippen molar-refractivity contribution in [3.8, 4) is 0 Å². The molecule has 1 rings (SSSR count). The third-order valence-electron chi connectivity index (χ3n) is 1.77. The molecular formula is C10H12F2S2. The van der Waals surface area contributed by atoms with Crippen LogP contribution in [0.15, 0.2) is 23.1 Å². The summed E-state index contributed by atoms with van der Waals surface area (Å²) in [5.41, 5.74) is 0. The van der Waals surface area contributed by atoms with Crippen molar-refractivity contribution in [2.45, 2.75) is 30.4 Å². The molecule has 0 bridgehead atoms. The molecule has 0 aliphatic rings. The molecule has 0 saturated heterocycles. The molecule has 0 aliphatic heterocycles. The van der Waals surface area contributed by atoms with E-state index >= 15 is 0 Å². The van der Waals surface area contributed by atoms with Crippen LogP contribution in [0.3, 0.4) is 0 Å². The van der Waals surface area contributed by atoms with Crippen LogP contribution < -0.4 is 0 Å². The Morgan fingerprint density at radius 3 is 2.57 bits per heavy atom. The molecule has 4 heteroatoms. The average molecular weight is 234 g/mol. The van der Waals surface area contributed by atoms with E-state index in [-0.39, 0.29) is 0 Å². The molecule has 0 heterocycles. The van der Waals surface area contributed by atoms with Crippen molar-refractivity contribution in [1.82, 2.24) is 0 Å². The molecule has 0 radical (unpaired) electrons. The fourth-order valence-corrected chi connectivity index (χ4v) is 2.97. The summed E-state index contributed by atoms with van der Waals surface area (Å²) in [7, 11) is 3.16. The molecule has 0 fully saturated rings. The minimum Gasteiger partial charge on any atom is -0.204 e. The lowest BCUT2D eigenvalue weighted by molar-refractivity contribution is 0.506. The largest absolute Gasteiger partial charge is 0.204 e. The van der Waals surface area contributed by atoms with Gasteiger partial charge in [0.15, 0.2) is 11.6 Å². The molecule has 1 unspecified atom stereocenters. The number of halogens is 2. The van der Waals surface area contributed by atoms with E-state index in [0.717, 1.165) is 17.4 Å². The molecule has 0 nitrogen and oxygen atoms in total. The smallest absolute Gasteiger partial charge is 0.159 e. The Bertz CT molecular complexity index is 302. The van der Waals surface area contributed by atoms with Gasteiger partial charge in [-0.05, 0) is 24.6 Å². The first-order valence-corrected chi connectivity index (χ1v) is 6.63. The second-order valence-corrected chi connectivity index (χ2v) is 5.69. The Balaban J connectivity index is 2.55. The predicted octanol–water partition coefficient (Wildman–Crippen LogP) is 4.50. The molecular weight excluding hydrogens is 222 g/mol. The van der Waals surface area contributed by atoms with E-state index in [1.807, 2.05) is 0 Å². The van der Waals surface area contributed by atoms with Crippen molar-refractivity contribution in [3.63, 3.8) is 0 Å². The Hall–Kier alpha value is -0.220. The van der Waals surface area contributed by atoms with E-state index < -0.39 is 11.6 Å². The molecule has 14 heavy (non-hydrogen) atoms. The summed E-state index contributed by atoms with van der Waals surface area (Å²) in [4.78, 5) is 0.759. The van der Waals surface area contributed by atoms with Crippen LogP contribution in [-0.2, 0) is 0 Å². The summed E-state index contributed by atoms with van der Waals surface area (Å²) in [6.07, 6.45) is 1.07. The highest BCUT2D eigenvalue weighted by Crippen LogP contribution is 2.35. The van der Waals surface area contributed by atoms with E-state index in [4.69, 9.17) is 0 Å². The van der Waals surface area contributed by atoms with Crippen molar-refractivity contribution in [3.05, 3.63) is 29.8 Å². The average Bonchev–Trinajstić information content (AvgIpc) is 2.19. The van der Waals surface area contributed by atoms with Crippen molar-refractivity contribution >= 4 is 21.6 Å². The Kier molecular flexibility index (Phi) is 4.75. The van der Waals surface area contributed by atoms with Crippen LogP contribution in [0.25, 0.3) is 0 Å². The van der Waals surface area contributed by atoms with Crippen LogP contribution in [0, 0.1) is 11.6 Å². The van der Waals surface area contributed by atoms with Crippen LogP contribution in [-0.4, -0.2) is 5.25 Å². The maximum absolute atomic E-state index is 12.8. The molecule has 78 valence electrons. The summed E-state index contributed by atoms with van der Waals surface area (Å²) in [5.74, 6) is -1.57. The third kappa shape index (κ3) is 3.50. The van der Waals surface area contributed by atoms with Crippen LogP contribution in [0.5, 0.6) is 0 Å². The van der Waals surface area contributed by atoms with E-state index in [9.17, 15) is 8.78 Å². The van der Waals surface area contributed by atoms with Crippen LogP contribution in [0.1, 0.15) is 20.3 Å². The third-order valence-corrected chi connectivity index (χ3v) is 4.83. The van der Waals surface area contributed by atoms with E-state index in [0.29, 0.717) is 5.25 Å². The van der Waals surface area contributed by atoms with Gasteiger partial charge in [0.25, 0.3) is 0 Å². The second kappa shape index (κ2) is 5.61. The van der Waals surface area contributed by atoms with Gasteiger partial charge >= 0.3 is 0 Å². The fraction of sp³-hybridized carbons (Fsp3) is 0.400. The molecule has 0 N–H and O–H groups in total. The normalized spacial score (nSPS) is 12.9. The molecule has 1 aromatic carbocycles. The van der Waals surface area contributed by atoms with E-state index in [1.54, 1.807) is 16.9 Å². The summed E-state index contributed by atoms with van der Waals surface area (Å²) in [5, 5.41) is 0.521. The number of hydrogen-bond donors (Lipinski definition) is 0. The van der Waals surface area contributed by atoms with Crippen LogP contribution >= 0.6 is 21.6 Å². The van der Waals surface area contributed by atoms with Crippen molar-refractivity contribution in [2.24, 2.45) is 0 Å². The number of hydrogen-bond acceptors (Lipinski definition) is 2. The van der Waals surface area contributed by atoms with Crippen molar-refractivity contribution < 1.29 is 8.78 Å². The maximum atomic E-state index is 12.8. The monoisotopic (exact) mass is 234 g/mol. The SMILES string of the molecule is CCC(C)SSc1ccc(F)c(F)c1. The van der Waals surface area contributed by atoms with Gasteiger partial charge in [-0.3, -0.25) is 0 Å². The molecule has 0 aliphatic carbocycles. The zero-order chi connectivity index (χ0) is 10.6. The number of rotatable bonds is 4. The summed E-state index contributed by atoms with van der Waals surface area (Å²) in [6, 6.07) is 3.99. The zero-order valence-corrected chi connectivity index (χ0v) is 9.72. The lowest BCUT2D eigenvalue weighted by Gasteiger charge is -2.06. The van der Waals surface area contributed by atoms with E-state index in [1.165, 1.54) is 16.9 Å². The maximum Gasteiger partial charge on any atom is 0.159 e. The summed E-state index contributed by atoms with van der Waals surface area (Å²) in [6.45, 7) is 4.21. The van der Waals surface area contributed by atoms with Gasteiger partial charge in [-0.25, -0.2) is 8.78 Å². The highest BCUT2D eigenvalue weighted by Gasteiger charge is 2.05. The van der Waals surface area contributed by atoms with Crippen LogP contribution in [0.4, 0.5) is 8.78 Å². The van der Waals surface area contributed by atoms with Gasteiger partial charge in [-0.15, -0.1) is 0 Å². The Morgan fingerprint density at radius 1 is 1.29 bits per heavy atom. The van der Waals surface area contributed by atoms with Crippen molar-refractivity contribution in [2.75, 3.05) is 0 Å². The lowest BCUT2D eigenvalue weighted by atomic mass is 10.3. The standard InChI is InChI=1S/C10H12F2S2/c1-3-7(2)13-14-8-4-5-9(11)10(12)6-8/h4-7H,3H2,1-2H3. The Morgan fingerprint density at radius 2 is 2.00 bits per heavy atom. The molecule has 1 atom stereocenters. The quantitative estimate of drug-likeness (QED) is 0.703. The van der Waals surface area contributed by atoms with Crippen LogP contribution in [0.2, 0.25) is 0 Å². The van der Waals surface area contributed by atoms with Crippen molar-refractivity contribution in [1.29, 1.82) is 0 Å². The molecule has 0 saturated carbocycles. The highest BCUT2D eigenvalue weighted by atomic mass is 33.1. The number of benzene rings is 1. The minimum atomic E-state index is -0.789. The minimum absolute atomic E-state index is 0.521. The first kappa shape index (κ1) is 11.9. The predicted molar refractivity (Wildman–Crippen MR) is 59.6 cm³/mol. The first-order chi connectivity index (χ1) is 6.63. The molecule has 0 amide bonds. The van der Waals surface area contributed by atoms with Gasteiger partial charge in [0.05, 0.1) is 0 Å². The van der Waals surface area contributed by atoms with Gasteiger partial charge < -0.3 is 0 Å². The second-order valence-electron chi connectivity index (χ2n) is 2.97. The lowest BCUT2D eigenvalue weighted by Crippen LogP contribution is -1.89. The van der Waals surface area contributed by atoms with Gasteiger partial charge in [0.1, 0.15) is 0 Å². The van der Waals surface area contributed by atoms with Gasteiger partial charge in [-0.1, -0.05) is 35.4 Å². The highest BCUT2D eigenvalue weighted by molar-refractivity contribution is 8.76. The van der Waals surface area contributed by atoms with Gasteiger partial charge in [0.2, 0.25) is 0 Å².